The summed E-state index contributed by atoms with van der Waals surface area (Å²) in [7, 11) is 1.60. The molecule has 1 aromatic rings. The van der Waals surface area contributed by atoms with Crippen molar-refractivity contribution in [3.05, 3.63) is 35.4 Å². The normalized spacial score (nSPS) is 11.9. The number of hydrogen-bond acceptors (Lipinski definition) is 3. The number of rotatable bonds is 6. The van der Waals surface area contributed by atoms with Crippen LogP contribution < -0.4 is 5.32 Å². The summed E-state index contributed by atoms with van der Waals surface area (Å²) in [5, 5.41) is 11.4. The summed E-state index contributed by atoms with van der Waals surface area (Å²) in [6, 6.07) is 6.55. The Hall–Kier alpha value is -1.88. The predicted molar refractivity (Wildman–Crippen MR) is 66.1 cm³/mol. The van der Waals surface area contributed by atoms with Gasteiger partial charge in [-0.15, -0.1) is 0 Å². The Bertz CT molecular complexity index is 431. The second-order valence-electron chi connectivity index (χ2n) is 4.05. The molecule has 0 radical (unpaired) electrons. The molecule has 18 heavy (non-hydrogen) atoms. The van der Waals surface area contributed by atoms with Gasteiger partial charge in [-0.3, -0.25) is 4.79 Å². The zero-order valence-corrected chi connectivity index (χ0v) is 10.5. The molecule has 1 atom stereocenters. The second-order valence-corrected chi connectivity index (χ2v) is 4.05. The van der Waals surface area contributed by atoms with Crippen LogP contribution >= 0.6 is 0 Å². The molecule has 1 amide bonds. The van der Waals surface area contributed by atoms with Crippen molar-refractivity contribution in [1.82, 2.24) is 5.32 Å². The van der Waals surface area contributed by atoms with Crippen LogP contribution in [0.3, 0.4) is 0 Å². The number of nitrogens with one attached hydrogen (secondary N) is 1. The van der Waals surface area contributed by atoms with E-state index in [1.54, 1.807) is 7.11 Å². The lowest BCUT2D eigenvalue weighted by atomic mass is 10.0. The van der Waals surface area contributed by atoms with Gasteiger partial charge in [0.05, 0.1) is 6.61 Å². The molecule has 1 rings (SSSR count). The van der Waals surface area contributed by atoms with Crippen LogP contribution in [0.1, 0.15) is 18.1 Å². The van der Waals surface area contributed by atoms with E-state index < -0.39 is 12.0 Å². The zero-order chi connectivity index (χ0) is 13.5. The monoisotopic (exact) mass is 251 g/mol. The lowest BCUT2D eigenvalue weighted by Crippen LogP contribution is -2.41. The van der Waals surface area contributed by atoms with Crippen molar-refractivity contribution in [2.75, 3.05) is 7.11 Å². The van der Waals surface area contributed by atoms with E-state index in [-0.39, 0.29) is 12.3 Å². The van der Waals surface area contributed by atoms with Crippen molar-refractivity contribution in [1.29, 1.82) is 0 Å². The molecule has 0 saturated heterocycles. The number of ether oxygens (including phenoxy) is 1. The number of benzene rings is 1. The molecular weight excluding hydrogens is 234 g/mol. The highest BCUT2D eigenvalue weighted by Gasteiger charge is 2.18. The van der Waals surface area contributed by atoms with E-state index in [1.807, 2.05) is 24.3 Å². The van der Waals surface area contributed by atoms with Gasteiger partial charge in [0.15, 0.2) is 0 Å². The van der Waals surface area contributed by atoms with Crippen LogP contribution in [0.25, 0.3) is 0 Å². The van der Waals surface area contributed by atoms with E-state index in [9.17, 15) is 9.59 Å². The van der Waals surface area contributed by atoms with Crippen LogP contribution in [-0.4, -0.2) is 30.1 Å². The van der Waals surface area contributed by atoms with E-state index in [0.717, 1.165) is 11.1 Å². The number of carboxylic acids is 1. The van der Waals surface area contributed by atoms with Crippen LogP contribution in [-0.2, 0) is 27.4 Å². The van der Waals surface area contributed by atoms with Gasteiger partial charge in [0, 0.05) is 20.5 Å². The van der Waals surface area contributed by atoms with E-state index in [2.05, 4.69) is 5.32 Å². The van der Waals surface area contributed by atoms with Crippen molar-refractivity contribution in [3.63, 3.8) is 0 Å². The summed E-state index contributed by atoms with van der Waals surface area (Å²) >= 11 is 0. The van der Waals surface area contributed by atoms with E-state index in [0.29, 0.717) is 6.61 Å². The van der Waals surface area contributed by atoms with Crippen LogP contribution in [0.5, 0.6) is 0 Å². The molecule has 0 heterocycles. The largest absolute Gasteiger partial charge is 0.480 e. The van der Waals surface area contributed by atoms with Crippen molar-refractivity contribution < 1.29 is 19.4 Å². The molecule has 1 unspecified atom stereocenters. The van der Waals surface area contributed by atoms with E-state index in [4.69, 9.17) is 9.84 Å². The average molecular weight is 251 g/mol. The fraction of sp³-hybridized carbons (Fsp3) is 0.385. The van der Waals surface area contributed by atoms with Gasteiger partial charge in [0.1, 0.15) is 6.04 Å². The molecule has 5 nitrogen and oxygen atoms in total. The first-order valence-electron chi connectivity index (χ1n) is 5.59. The van der Waals surface area contributed by atoms with Crippen molar-refractivity contribution in [2.24, 2.45) is 0 Å². The number of methoxy groups -OCH3 is 1. The molecule has 98 valence electrons. The third kappa shape index (κ3) is 4.55. The molecule has 2 N–H and O–H groups in total. The Morgan fingerprint density at radius 2 is 2.06 bits per heavy atom. The third-order valence-electron chi connectivity index (χ3n) is 2.42. The molecule has 0 bridgehead atoms. The highest BCUT2D eigenvalue weighted by atomic mass is 16.5. The summed E-state index contributed by atoms with van der Waals surface area (Å²) in [5.74, 6) is -1.39. The van der Waals surface area contributed by atoms with Gasteiger partial charge in [-0.1, -0.05) is 24.3 Å². The van der Waals surface area contributed by atoms with Gasteiger partial charge in [0.25, 0.3) is 0 Å². The molecule has 0 aliphatic carbocycles. The van der Waals surface area contributed by atoms with Gasteiger partial charge < -0.3 is 15.2 Å². The number of amides is 1. The SMILES string of the molecule is COCc1cccc(CC(NC(C)=O)C(=O)O)c1. The predicted octanol–water partition coefficient (Wildman–Crippen LogP) is 0.965. The minimum absolute atomic E-state index is 0.256. The first-order valence-corrected chi connectivity index (χ1v) is 5.59. The van der Waals surface area contributed by atoms with Crippen LogP contribution in [0.15, 0.2) is 24.3 Å². The molecule has 5 heteroatoms. The first-order chi connectivity index (χ1) is 8.52. The van der Waals surface area contributed by atoms with E-state index in [1.165, 1.54) is 6.92 Å². The Labute approximate surface area is 106 Å². The number of aliphatic carboxylic acids is 1. The van der Waals surface area contributed by atoms with Gasteiger partial charge in [-0.25, -0.2) is 4.79 Å². The standard InChI is InChI=1S/C13H17NO4/c1-9(15)14-12(13(16)17)7-10-4-3-5-11(6-10)8-18-2/h3-6,12H,7-8H2,1-2H3,(H,14,15)(H,16,17). The molecule has 1 aromatic carbocycles. The van der Waals surface area contributed by atoms with Crippen molar-refractivity contribution in [3.8, 4) is 0 Å². The van der Waals surface area contributed by atoms with Crippen molar-refractivity contribution in [2.45, 2.75) is 26.0 Å². The molecule has 0 saturated carbocycles. The summed E-state index contributed by atoms with van der Waals surface area (Å²) in [4.78, 5) is 21.9. The summed E-state index contributed by atoms with van der Waals surface area (Å²) in [6.45, 7) is 1.78. The summed E-state index contributed by atoms with van der Waals surface area (Å²) in [6.07, 6.45) is 0.256. The van der Waals surface area contributed by atoms with E-state index >= 15 is 0 Å². The zero-order valence-electron chi connectivity index (χ0n) is 10.5. The first kappa shape index (κ1) is 14.2. The molecule has 0 aromatic heterocycles. The molecule has 0 aliphatic heterocycles. The molecular formula is C13H17NO4. The second kappa shape index (κ2) is 6.76. The lowest BCUT2D eigenvalue weighted by Gasteiger charge is -2.13. The van der Waals surface area contributed by atoms with Gasteiger partial charge in [0.2, 0.25) is 5.91 Å². The number of carbonyl (C=O) groups excluding carboxylic acids is 1. The highest BCUT2D eigenvalue weighted by Crippen LogP contribution is 2.09. The quantitative estimate of drug-likeness (QED) is 0.789. The van der Waals surface area contributed by atoms with Crippen LogP contribution in [0.4, 0.5) is 0 Å². The van der Waals surface area contributed by atoms with Gasteiger partial charge in [-0.05, 0) is 11.1 Å². The fourth-order valence-electron chi connectivity index (χ4n) is 1.69. The maximum absolute atomic E-state index is 11.0. The fourth-order valence-corrected chi connectivity index (χ4v) is 1.69. The average Bonchev–Trinajstić information content (AvgIpc) is 2.28. The minimum atomic E-state index is -1.04. The maximum atomic E-state index is 11.0. The van der Waals surface area contributed by atoms with Crippen molar-refractivity contribution >= 4 is 11.9 Å². The van der Waals surface area contributed by atoms with Crippen LogP contribution in [0, 0.1) is 0 Å². The Balaban J connectivity index is 2.76. The van der Waals surface area contributed by atoms with Gasteiger partial charge >= 0.3 is 5.97 Å². The minimum Gasteiger partial charge on any atom is -0.480 e. The highest BCUT2D eigenvalue weighted by molar-refractivity contribution is 5.82. The Kier molecular flexibility index (Phi) is 5.32. The van der Waals surface area contributed by atoms with Gasteiger partial charge in [-0.2, -0.15) is 0 Å². The molecule has 0 spiro atoms. The summed E-state index contributed by atoms with van der Waals surface area (Å²) < 4.78 is 5.01. The Morgan fingerprint density at radius 1 is 1.39 bits per heavy atom. The number of carboxylic acid groups (broad SMARTS) is 1. The topological polar surface area (TPSA) is 75.6 Å². The maximum Gasteiger partial charge on any atom is 0.326 e. The Morgan fingerprint density at radius 3 is 2.61 bits per heavy atom. The molecule has 0 aliphatic rings. The lowest BCUT2D eigenvalue weighted by molar-refractivity contribution is -0.141. The van der Waals surface area contributed by atoms with Crippen LogP contribution in [0.2, 0.25) is 0 Å². The smallest absolute Gasteiger partial charge is 0.326 e. The summed E-state index contributed by atoms with van der Waals surface area (Å²) in [5.41, 5.74) is 1.83. The molecule has 0 fully saturated rings. The number of carbonyl (C=O) groups is 2. The number of hydrogen-bond donors (Lipinski definition) is 2. The third-order valence-corrected chi connectivity index (χ3v) is 2.42.